The van der Waals surface area contributed by atoms with E-state index in [9.17, 15) is 27.2 Å². The predicted octanol–water partition coefficient (Wildman–Crippen LogP) is 4.18. The molecule has 0 spiro atoms. The topological polar surface area (TPSA) is 117 Å². The minimum absolute atomic E-state index is 0.0275. The first-order valence-electron chi connectivity index (χ1n) is 11.0. The van der Waals surface area contributed by atoms with Gasteiger partial charge in [-0.1, -0.05) is 6.92 Å². The van der Waals surface area contributed by atoms with Crippen molar-refractivity contribution in [3.05, 3.63) is 71.3 Å². The number of nitrogens with zero attached hydrogens (tertiary/aromatic N) is 1. The van der Waals surface area contributed by atoms with Crippen LogP contribution in [-0.4, -0.2) is 30.3 Å². The third kappa shape index (κ3) is 6.15. The van der Waals surface area contributed by atoms with Gasteiger partial charge in [0.05, 0.1) is 12.7 Å². The summed E-state index contributed by atoms with van der Waals surface area (Å²) in [6.07, 6.45) is -2.65. The van der Waals surface area contributed by atoms with E-state index in [1.807, 2.05) is 6.92 Å². The first kappa shape index (κ1) is 25.9. The maximum atomic E-state index is 13.8. The largest absolute Gasteiger partial charge is 0.573 e. The first-order chi connectivity index (χ1) is 17.4. The Morgan fingerprint density at radius 1 is 1.05 bits per heavy atom. The molecule has 1 heterocycles. The fourth-order valence-electron chi connectivity index (χ4n) is 3.76. The van der Waals surface area contributed by atoms with Crippen molar-refractivity contribution in [2.75, 3.05) is 7.11 Å². The molecule has 1 aromatic heterocycles. The molecule has 4 rings (SSSR count). The molecule has 0 saturated heterocycles. The zero-order valence-corrected chi connectivity index (χ0v) is 19.6. The summed E-state index contributed by atoms with van der Waals surface area (Å²) in [7, 11) is 1.24. The van der Waals surface area contributed by atoms with Gasteiger partial charge in [0.2, 0.25) is 0 Å². The molecule has 0 unspecified atom stereocenters. The van der Waals surface area contributed by atoms with Crippen LogP contribution in [0.2, 0.25) is 0 Å². The van der Waals surface area contributed by atoms with Gasteiger partial charge in [-0.3, -0.25) is 9.78 Å². The number of carbonyl (C=O) groups is 2. The lowest BCUT2D eigenvalue weighted by atomic mass is 10.1. The molecule has 194 valence electrons. The number of benzene rings is 2. The Hall–Kier alpha value is -4.19. The Bertz CT molecular complexity index is 1360. The number of quaternary nitrogens is 1. The smallest absolute Gasteiger partial charge is 0.493 e. The third-order valence-electron chi connectivity index (χ3n) is 5.78. The number of hydrogen-bond acceptors (Lipinski definition) is 6. The summed E-state index contributed by atoms with van der Waals surface area (Å²) in [6.45, 7) is 2.05. The molecule has 1 aliphatic rings. The van der Waals surface area contributed by atoms with Crippen molar-refractivity contribution in [2.24, 2.45) is 11.7 Å². The van der Waals surface area contributed by atoms with Crippen molar-refractivity contribution < 1.29 is 46.7 Å². The zero-order valence-electron chi connectivity index (χ0n) is 19.6. The van der Waals surface area contributed by atoms with E-state index in [-0.39, 0.29) is 40.0 Å². The Kier molecular flexibility index (Phi) is 7.03. The van der Waals surface area contributed by atoms with E-state index in [0.717, 1.165) is 36.0 Å². The Labute approximate surface area is 208 Å². The molecule has 2 atom stereocenters. The number of methoxy groups -OCH3 is 1. The van der Waals surface area contributed by atoms with Crippen LogP contribution >= 0.6 is 0 Å². The number of primary amides is 2. The van der Waals surface area contributed by atoms with Crippen LogP contribution in [-0.2, 0) is 0 Å². The number of pyridine rings is 1. The Morgan fingerprint density at radius 3 is 2.41 bits per heavy atom. The van der Waals surface area contributed by atoms with Crippen molar-refractivity contribution in [3.63, 3.8) is 0 Å². The molecule has 37 heavy (non-hydrogen) atoms. The molecule has 3 aromatic rings. The molecule has 1 aliphatic carbocycles. The van der Waals surface area contributed by atoms with E-state index in [4.69, 9.17) is 15.2 Å². The highest BCUT2D eigenvalue weighted by atomic mass is 19.4. The normalized spacial score (nSPS) is 16.7. The number of carbonyl (C=O) groups excluding carboxylic acids is 2. The standard InChI is InChI=1S/C25H21F4N3O5/c1-12-7-15(12)19-10-21(36-20-6-4-14(9-22(20)35-2)37-25(27,28)29)17(11-31-19)24(34)32-13-3-5-18(26)16(8-13)23(30)33/h3-6,8-12,15H,7H2,1-2H3,(H2,30,33)(H,32,34)/p+1/t12-,15-/m1/s1. The van der Waals surface area contributed by atoms with E-state index < -0.39 is 29.7 Å². The maximum Gasteiger partial charge on any atom is 0.573 e. The SMILES string of the molecule is COc1cc(OC(F)(F)F)ccc1Oc1cc([C@@H]2C[C@H]2C)ncc1C(=O)[NH2+]c1ccc(F)c(C(N)=O)c1. The van der Waals surface area contributed by atoms with Crippen LogP contribution in [0.25, 0.3) is 0 Å². The zero-order chi connectivity index (χ0) is 26.9. The van der Waals surface area contributed by atoms with Gasteiger partial charge in [0.25, 0.3) is 5.91 Å². The van der Waals surface area contributed by atoms with Gasteiger partial charge in [0, 0.05) is 42.1 Å². The van der Waals surface area contributed by atoms with Crippen LogP contribution in [0.5, 0.6) is 23.0 Å². The van der Waals surface area contributed by atoms with Gasteiger partial charge in [-0.05, 0) is 30.5 Å². The summed E-state index contributed by atoms with van der Waals surface area (Å²) < 4.78 is 66.7. The number of aromatic nitrogens is 1. The van der Waals surface area contributed by atoms with Crippen LogP contribution in [0.3, 0.4) is 0 Å². The van der Waals surface area contributed by atoms with Crippen molar-refractivity contribution in [3.8, 4) is 23.0 Å². The second-order valence-electron chi connectivity index (χ2n) is 8.50. The molecular formula is C25H22F4N3O5+. The summed E-state index contributed by atoms with van der Waals surface area (Å²) in [5, 5.41) is 1.16. The second kappa shape index (κ2) is 10.1. The lowest BCUT2D eigenvalue weighted by Gasteiger charge is -2.15. The highest BCUT2D eigenvalue weighted by molar-refractivity contribution is 5.94. The average Bonchev–Trinajstić information content (AvgIpc) is 3.56. The number of amides is 2. The average molecular weight is 520 g/mol. The van der Waals surface area contributed by atoms with Gasteiger partial charge in [0.1, 0.15) is 28.6 Å². The van der Waals surface area contributed by atoms with Gasteiger partial charge in [-0.15, -0.1) is 13.2 Å². The lowest BCUT2D eigenvalue weighted by Crippen LogP contribution is -2.82. The highest BCUT2D eigenvalue weighted by Gasteiger charge is 2.36. The quantitative estimate of drug-likeness (QED) is 0.340. The maximum absolute atomic E-state index is 13.8. The van der Waals surface area contributed by atoms with Gasteiger partial charge < -0.3 is 19.9 Å². The van der Waals surface area contributed by atoms with Gasteiger partial charge >= 0.3 is 12.3 Å². The van der Waals surface area contributed by atoms with E-state index in [2.05, 4.69) is 9.72 Å². The second-order valence-corrected chi connectivity index (χ2v) is 8.50. The summed E-state index contributed by atoms with van der Waals surface area (Å²) in [5.74, 6) is -2.26. The molecule has 0 radical (unpaired) electrons. The Morgan fingerprint density at radius 2 is 1.78 bits per heavy atom. The molecule has 8 nitrogen and oxygen atoms in total. The number of halogens is 4. The van der Waals surface area contributed by atoms with Crippen molar-refractivity contribution in [2.45, 2.75) is 25.6 Å². The van der Waals surface area contributed by atoms with Crippen LogP contribution in [0, 0.1) is 11.7 Å². The van der Waals surface area contributed by atoms with Gasteiger partial charge in [-0.25, -0.2) is 14.5 Å². The third-order valence-corrected chi connectivity index (χ3v) is 5.78. The number of ether oxygens (including phenoxy) is 3. The minimum atomic E-state index is -4.89. The van der Waals surface area contributed by atoms with Crippen LogP contribution < -0.4 is 25.3 Å². The molecular weight excluding hydrogens is 498 g/mol. The summed E-state index contributed by atoms with van der Waals surface area (Å²) >= 11 is 0. The van der Waals surface area contributed by atoms with Crippen molar-refractivity contribution in [1.29, 1.82) is 0 Å². The molecule has 4 N–H and O–H groups in total. The minimum Gasteiger partial charge on any atom is -0.493 e. The number of alkyl halides is 3. The highest BCUT2D eigenvalue weighted by Crippen LogP contribution is 2.47. The van der Waals surface area contributed by atoms with E-state index in [0.29, 0.717) is 11.6 Å². The lowest BCUT2D eigenvalue weighted by molar-refractivity contribution is -0.464. The fourth-order valence-corrected chi connectivity index (χ4v) is 3.76. The summed E-state index contributed by atoms with van der Waals surface area (Å²) in [4.78, 5) is 29.0. The molecule has 1 fully saturated rings. The first-order valence-corrected chi connectivity index (χ1v) is 11.0. The molecule has 2 amide bonds. The van der Waals surface area contributed by atoms with E-state index >= 15 is 0 Å². The van der Waals surface area contributed by atoms with Crippen molar-refractivity contribution >= 4 is 17.5 Å². The van der Waals surface area contributed by atoms with Crippen LogP contribution in [0.4, 0.5) is 23.2 Å². The molecule has 2 aromatic carbocycles. The molecule has 0 bridgehead atoms. The monoisotopic (exact) mass is 520 g/mol. The number of hydrogen-bond donors (Lipinski definition) is 2. The molecule has 0 aliphatic heterocycles. The van der Waals surface area contributed by atoms with Crippen molar-refractivity contribution in [1.82, 2.24) is 4.98 Å². The number of nitrogens with two attached hydrogens (primary N) is 2. The van der Waals surface area contributed by atoms with E-state index in [1.54, 1.807) is 6.07 Å². The van der Waals surface area contributed by atoms with Gasteiger partial charge in [-0.2, -0.15) is 0 Å². The fraction of sp³-hybridized carbons (Fsp3) is 0.240. The molecule has 12 heteroatoms. The van der Waals surface area contributed by atoms with Crippen LogP contribution in [0.1, 0.15) is 45.7 Å². The molecule has 1 saturated carbocycles. The number of rotatable bonds is 8. The van der Waals surface area contributed by atoms with Crippen LogP contribution in [0.15, 0.2) is 48.7 Å². The summed E-state index contributed by atoms with van der Waals surface area (Å²) in [6, 6.07) is 8.33. The predicted molar refractivity (Wildman–Crippen MR) is 121 cm³/mol. The summed E-state index contributed by atoms with van der Waals surface area (Å²) in [5.41, 5.74) is 5.74. The van der Waals surface area contributed by atoms with Gasteiger partial charge in [0.15, 0.2) is 11.5 Å². The Balaban J connectivity index is 1.66. The van der Waals surface area contributed by atoms with E-state index in [1.165, 1.54) is 25.4 Å².